The van der Waals surface area contributed by atoms with Crippen LogP contribution in [0.4, 0.5) is 8.78 Å². The third-order valence-corrected chi connectivity index (χ3v) is 2.01. The predicted molar refractivity (Wildman–Crippen MR) is 48.4 cm³/mol. The summed E-state index contributed by atoms with van der Waals surface area (Å²) in [6, 6.07) is 0.692. The fourth-order valence-electron chi connectivity index (χ4n) is 1.12. The van der Waals surface area contributed by atoms with E-state index in [4.69, 9.17) is 21.8 Å². The first-order valence-corrected chi connectivity index (χ1v) is 4.34. The molecular formula is C9H9ClF2O2. The first-order chi connectivity index (χ1) is 6.43. The van der Waals surface area contributed by atoms with Crippen molar-refractivity contribution in [3.8, 4) is 5.75 Å². The molecule has 0 aromatic heterocycles. The Bertz CT molecular complexity index is 327. The van der Waals surface area contributed by atoms with Crippen LogP contribution >= 0.6 is 11.6 Å². The molecule has 2 nitrogen and oxygen atoms in total. The summed E-state index contributed by atoms with van der Waals surface area (Å²) >= 11 is 5.37. The van der Waals surface area contributed by atoms with E-state index in [-0.39, 0.29) is 12.0 Å². The van der Waals surface area contributed by atoms with Crippen molar-refractivity contribution in [2.75, 3.05) is 0 Å². The van der Waals surface area contributed by atoms with E-state index in [1.807, 2.05) is 0 Å². The monoisotopic (exact) mass is 222 g/mol. The average Bonchev–Trinajstić information content (AvgIpc) is 2.09. The maximum Gasteiger partial charge on any atom is 0.166 e. The van der Waals surface area contributed by atoms with Gasteiger partial charge in [0.1, 0.15) is 5.82 Å². The zero-order valence-corrected chi connectivity index (χ0v) is 8.15. The topological polar surface area (TPSA) is 40.5 Å². The van der Waals surface area contributed by atoms with Crippen LogP contribution in [0.3, 0.4) is 0 Å². The van der Waals surface area contributed by atoms with Crippen molar-refractivity contribution in [2.24, 2.45) is 0 Å². The summed E-state index contributed by atoms with van der Waals surface area (Å²) in [6.07, 6.45) is -1.07. The van der Waals surface area contributed by atoms with Crippen LogP contribution in [0.25, 0.3) is 0 Å². The quantitative estimate of drug-likeness (QED) is 0.754. The maximum absolute atomic E-state index is 13.2. The molecule has 0 saturated carbocycles. The molecule has 78 valence electrons. The zero-order chi connectivity index (χ0) is 10.9. The standard InChI is InChI=1S/C9H9ClF2O2/c1-4(13)2-5-8(12)6(10)3-7(11)9(5)14/h3-4,13-14H,2H2,1H3. The molecule has 14 heavy (non-hydrogen) atoms. The van der Waals surface area contributed by atoms with Gasteiger partial charge in [-0.15, -0.1) is 0 Å². The van der Waals surface area contributed by atoms with Crippen molar-refractivity contribution in [3.63, 3.8) is 0 Å². The van der Waals surface area contributed by atoms with Crippen molar-refractivity contribution in [2.45, 2.75) is 19.4 Å². The molecule has 5 heteroatoms. The molecule has 0 heterocycles. The molecule has 1 atom stereocenters. The lowest BCUT2D eigenvalue weighted by molar-refractivity contribution is 0.192. The van der Waals surface area contributed by atoms with Crippen molar-refractivity contribution < 1.29 is 19.0 Å². The molecule has 1 aromatic carbocycles. The zero-order valence-electron chi connectivity index (χ0n) is 7.39. The number of hydrogen-bond donors (Lipinski definition) is 2. The second-order valence-electron chi connectivity index (χ2n) is 3.03. The molecule has 0 aliphatic rings. The highest BCUT2D eigenvalue weighted by atomic mass is 35.5. The lowest BCUT2D eigenvalue weighted by Crippen LogP contribution is -2.07. The molecule has 0 aliphatic carbocycles. The van der Waals surface area contributed by atoms with Crippen molar-refractivity contribution in [1.82, 2.24) is 0 Å². The first kappa shape index (κ1) is 11.2. The number of hydrogen-bond acceptors (Lipinski definition) is 2. The molecule has 0 saturated heterocycles. The van der Waals surface area contributed by atoms with Crippen LogP contribution in [0.5, 0.6) is 5.75 Å². The number of phenolic OH excluding ortho intramolecular Hbond substituents is 1. The van der Waals surface area contributed by atoms with E-state index in [2.05, 4.69) is 0 Å². The summed E-state index contributed by atoms with van der Waals surface area (Å²) in [5.74, 6) is -2.69. The minimum absolute atomic E-state index is 0.185. The van der Waals surface area contributed by atoms with Gasteiger partial charge in [-0.05, 0) is 13.0 Å². The highest BCUT2D eigenvalue weighted by molar-refractivity contribution is 6.30. The van der Waals surface area contributed by atoms with E-state index in [1.165, 1.54) is 6.92 Å². The molecule has 1 aromatic rings. The molecular weight excluding hydrogens is 214 g/mol. The number of aliphatic hydroxyl groups is 1. The Morgan fingerprint density at radius 1 is 1.50 bits per heavy atom. The minimum atomic E-state index is -0.993. The molecule has 1 rings (SSSR count). The SMILES string of the molecule is CC(O)Cc1c(O)c(F)cc(Cl)c1F. The van der Waals surface area contributed by atoms with Gasteiger partial charge in [0.2, 0.25) is 0 Å². The highest BCUT2D eigenvalue weighted by Gasteiger charge is 2.18. The number of aromatic hydroxyl groups is 1. The largest absolute Gasteiger partial charge is 0.505 e. The van der Waals surface area contributed by atoms with Gasteiger partial charge in [-0.1, -0.05) is 11.6 Å². The Morgan fingerprint density at radius 3 is 2.57 bits per heavy atom. The Morgan fingerprint density at radius 2 is 2.07 bits per heavy atom. The number of aliphatic hydroxyl groups excluding tert-OH is 1. The van der Waals surface area contributed by atoms with Crippen LogP contribution in [0.1, 0.15) is 12.5 Å². The van der Waals surface area contributed by atoms with Crippen LogP contribution < -0.4 is 0 Å². The molecule has 1 unspecified atom stereocenters. The molecule has 0 radical (unpaired) electrons. The Hall–Kier alpha value is -0.870. The second-order valence-corrected chi connectivity index (χ2v) is 3.44. The smallest absolute Gasteiger partial charge is 0.166 e. The Labute approximate surface area is 84.7 Å². The van der Waals surface area contributed by atoms with E-state index >= 15 is 0 Å². The van der Waals surface area contributed by atoms with Gasteiger partial charge in [0, 0.05) is 12.0 Å². The summed E-state index contributed by atoms with van der Waals surface area (Å²) in [6.45, 7) is 1.40. The third-order valence-electron chi connectivity index (χ3n) is 1.74. The van der Waals surface area contributed by atoms with Crippen LogP contribution in [-0.2, 0) is 6.42 Å². The molecule has 2 N–H and O–H groups in total. The fraction of sp³-hybridized carbons (Fsp3) is 0.333. The minimum Gasteiger partial charge on any atom is -0.505 e. The number of rotatable bonds is 2. The fourth-order valence-corrected chi connectivity index (χ4v) is 1.33. The van der Waals surface area contributed by atoms with Gasteiger partial charge >= 0.3 is 0 Å². The molecule has 0 amide bonds. The van der Waals surface area contributed by atoms with E-state index in [1.54, 1.807) is 0 Å². The van der Waals surface area contributed by atoms with Crippen LogP contribution in [0, 0.1) is 11.6 Å². The normalized spacial score (nSPS) is 12.9. The predicted octanol–water partition coefficient (Wildman–Crippen LogP) is 2.25. The van der Waals surface area contributed by atoms with Gasteiger partial charge in [0.25, 0.3) is 0 Å². The van der Waals surface area contributed by atoms with Gasteiger partial charge in [-0.3, -0.25) is 0 Å². The average molecular weight is 223 g/mol. The first-order valence-electron chi connectivity index (χ1n) is 3.97. The van der Waals surface area contributed by atoms with Crippen LogP contribution in [0.15, 0.2) is 6.07 Å². The summed E-state index contributed by atoms with van der Waals surface area (Å²) in [5.41, 5.74) is -0.301. The summed E-state index contributed by atoms with van der Waals surface area (Å²) in [7, 11) is 0. The third kappa shape index (κ3) is 2.13. The Balaban J connectivity index is 3.25. The lowest BCUT2D eigenvalue weighted by Gasteiger charge is -2.09. The Kier molecular flexibility index (Phi) is 3.29. The number of benzene rings is 1. The summed E-state index contributed by atoms with van der Waals surface area (Å²) in [5, 5.41) is 17.8. The van der Waals surface area contributed by atoms with Gasteiger partial charge in [-0.25, -0.2) is 8.78 Å². The second kappa shape index (κ2) is 4.11. The highest BCUT2D eigenvalue weighted by Crippen LogP contribution is 2.30. The van der Waals surface area contributed by atoms with Gasteiger partial charge in [-0.2, -0.15) is 0 Å². The molecule has 0 spiro atoms. The van der Waals surface area contributed by atoms with Crippen molar-refractivity contribution in [3.05, 3.63) is 28.3 Å². The molecule has 0 fully saturated rings. The van der Waals surface area contributed by atoms with Crippen molar-refractivity contribution >= 4 is 11.6 Å². The number of halogens is 3. The van der Waals surface area contributed by atoms with Gasteiger partial charge in [0.15, 0.2) is 11.6 Å². The van der Waals surface area contributed by atoms with E-state index in [9.17, 15) is 8.78 Å². The molecule has 0 aliphatic heterocycles. The van der Waals surface area contributed by atoms with Crippen molar-refractivity contribution in [1.29, 1.82) is 0 Å². The van der Waals surface area contributed by atoms with E-state index < -0.39 is 28.5 Å². The van der Waals surface area contributed by atoms with E-state index in [0.717, 1.165) is 0 Å². The van der Waals surface area contributed by atoms with Crippen LogP contribution in [-0.4, -0.2) is 16.3 Å². The molecule has 0 bridgehead atoms. The van der Waals surface area contributed by atoms with E-state index in [0.29, 0.717) is 6.07 Å². The van der Waals surface area contributed by atoms with Gasteiger partial charge in [0.05, 0.1) is 11.1 Å². The lowest BCUT2D eigenvalue weighted by atomic mass is 10.1. The van der Waals surface area contributed by atoms with Gasteiger partial charge < -0.3 is 10.2 Å². The number of phenols is 1. The maximum atomic E-state index is 13.2. The van der Waals surface area contributed by atoms with Crippen LogP contribution in [0.2, 0.25) is 5.02 Å². The summed E-state index contributed by atoms with van der Waals surface area (Å²) in [4.78, 5) is 0. The summed E-state index contributed by atoms with van der Waals surface area (Å²) < 4.78 is 26.1.